The zero-order valence-corrected chi connectivity index (χ0v) is 37.3. The summed E-state index contributed by atoms with van der Waals surface area (Å²) in [4.78, 5) is 47.1. The van der Waals surface area contributed by atoms with E-state index in [2.05, 4.69) is 70.2 Å². The molecule has 19 heteroatoms. The summed E-state index contributed by atoms with van der Waals surface area (Å²) < 4.78 is 45.5. The molecule has 3 saturated heterocycles. The van der Waals surface area contributed by atoms with E-state index < -0.39 is 23.9 Å². The van der Waals surface area contributed by atoms with Gasteiger partial charge in [0.2, 0.25) is 11.8 Å². The molecule has 1 aliphatic carbocycles. The molecule has 332 valence electrons. The van der Waals surface area contributed by atoms with E-state index in [1.807, 2.05) is 38.2 Å². The number of hydrogen-bond donors (Lipinski definition) is 2. The Labute approximate surface area is 376 Å². The van der Waals surface area contributed by atoms with E-state index in [1.165, 1.54) is 10.7 Å². The van der Waals surface area contributed by atoms with Gasteiger partial charge in [-0.15, -0.1) is 0 Å². The van der Waals surface area contributed by atoms with Crippen molar-refractivity contribution >= 4 is 68.4 Å². The van der Waals surface area contributed by atoms with Crippen molar-refractivity contribution in [3.05, 3.63) is 65.4 Å². The second kappa shape index (κ2) is 18.6. The Morgan fingerprint density at radius 2 is 1.89 bits per heavy atom. The number of carbonyl (C=O) groups is 3. The van der Waals surface area contributed by atoms with Gasteiger partial charge < -0.3 is 24.6 Å². The van der Waals surface area contributed by atoms with Gasteiger partial charge in [0, 0.05) is 57.4 Å². The highest BCUT2D eigenvalue weighted by molar-refractivity contribution is 14.1. The minimum absolute atomic E-state index is 0.00468. The van der Waals surface area contributed by atoms with Crippen molar-refractivity contribution in [3.63, 3.8) is 0 Å². The van der Waals surface area contributed by atoms with E-state index >= 15 is 0 Å². The van der Waals surface area contributed by atoms with Crippen LogP contribution in [0.4, 0.5) is 20.3 Å². The number of para-hydroxylation sites is 1. The number of hydrogen-bond acceptors (Lipinski definition) is 11. The summed E-state index contributed by atoms with van der Waals surface area (Å²) in [6.07, 6.45) is 8.06. The Kier molecular flexibility index (Phi) is 12.8. The van der Waals surface area contributed by atoms with Crippen molar-refractivity contribution < 1.29 is 32.6 Å². The molecular formula is C44H50F2IN11O5. The first-order chi connectivity index (χ1) is 30.5. The van der Waals surface area contributed by atoms with Gasteiger partial charge in [-0.2, -0.15) is 15.3 Å². The van der Waals surface area contributed by atoms with E-state index in [0.717, 1.165) is 74.6 Å². The van der Waals surface area contributed by atoms with Crippen molar-refractivity contribution in [2.45, 2.75) is 93.0 Å². The first-order valence-electron chi connectivity index (χ1n) is 21.7. The number of likely N-dealkylation sites (tertiary alicyclic amines) is 1. The van der Waals surface area contributed by atoms with Gasteiger partial charge in [0.05, 0.1) is 59.4 Å². The Hall–Kier alpha value is -5.04. The van der Waals surface area contributed by atoms with Crippen LogP contribution in [0, 0.1) is 17.8 Å². The normalized spacial score (nSPS) is 23.9. The largest absolute Gasteiger partial charge is 0.365 e. The molecule has 4 aliphatic rings. The zero-order valence-electron chi connectivity index (χ0n) is 35.2. The number of halogens is 3. The number of fused-ring (bicyclic) bond motifs is 2. The summed E-state index contributed by atoms with van der Waals surface area (Å²) in [5, 5.41) is 19.2. The maximum Gasteiger partial charge on any atom is 0.284 e. The number of amides is 3. The second-order valence-corrected chi connectivity index (χ2v) is 18.4. The number of ether oxygens (including phenoxy) is 2. The number of nitrogens with one attached hydrogen (secondary N) is 2. The first kappa shape index (κ1) is 43.2. The van der Waals surface area contributed by atoms with Gasteiger partial charge in [0.1, 0.15) is 22.1 Å². The zero-order chi connectivity index (χ0) is 43.8. The van der Waals surface area contributed by atoms with E-state index in [0.29, 0.717) is 55.6 Å². The number of carbonyl (C=O) groups excluding carboxylic acids is 3. The summed E-state index contributed by atoms with van der Waals surface area (Å²) >= 11 is 2.25. The fourth-order valence-electron chi connectivity index (χ4n) is 9.50. The molecule has 0 spiro atoms. The summed E-state index contributed by atoms with van der Waals surface area (Å²) in [7, 11) is 1.84. The number of morpholine rings is 1. The number of anilines is 2. The highest BCUT2D eigenvalue weighted by atomic mass is 127. The predicted octanol–water partition coefficient (Wildman–Crippen LogP) is 5.77. The Morgan fingerprint density at radius 1 is 1.08 bits per heavy atom. The topological polar surface area (TPSA) is 166 Å². The third kappa shape index (κ3) is 9.45. The lowest BCUT2D eigenvalue weighted by Crippen LogP contribution is -2.44. The van der Waals surface area contributed by atoms with Crippen molar-refractivity contribution in [2.24, 2.45) is 13.0 Å². The lowest BCUT2D eigenvalue weighted by Gasteiger charge is -2.36. The number of aryl methyl sites for hydroxylation is 1. The number of rotatable bonds is 10. The fourth-order valence-corrected chi connectivity index (χ4v) is 10.5. The van der Waals surface area contributed by atoms with Crippen LogP contribution in [0.15, 0.2) is 42.9 Å². The van der Waals surface area contributed by atoms with E-state index in [-0.39, 0.29) is 45.4 Å². The lowest BCUT2D eigenvalue weighted by atomic mass is 9.85. The predicted molar refractivity (Wildman–Crippen MR) is 238 cm³/mol. The van der Waals surface area contributed by atoms with Crippen molar-refractivity contribution in [3.8, 4) is 11.8 Å². The molecular weight excluding hydrogens is 927 g/mol. The van der Waals surface area contributed by atoms with Gasteiger partial charge in [-0.25, -0.2) is 18.3 Å². The molecule has 1 aromatic carbocycles. The number of imide groups is 1. The summed E-state index contributed by atoms with van der Waals surface area (Å²) in [5.41, 5.74) is 2.38. The minimum atomic E-state index is -2.86. The molecule has 2 N–H and O–H groups in total. The Morgan fingerprint density at radius 3 is 2.65 bits per heavy atom. The van der Waals surface area contributed by atoms with Crippen molar-refractivity contribution in [1.82, 2.24) is 44.4 Å². The number of piperidine rings is 2. The monoisotopic (exact) mass is 977 g/mol. The summed E-state index contributed by atoms with van der Waals surface area (Å²) in [5.74, 6) is 6.00. The molecule has 1 saturated carbocycles. The van der Waals surface area contributed by atoms with Crippen molar-refractivity contribution in [1.29, 1.82) is 0 Å². The van der Waals surface area contributed by atoms with Crippen molar-refractivity contribution in [2.75, 3.05) is 49.5 Å². The lowest BCUT2D eigenvalue weighted by molar-refractivity contribution is -0.134. The molecule has 5 aromatic rings. The number of aromatic nitrogens is 7. The van der Waals surface area contributed by atoms with E-state index in [9.17, 15) is 23.2 Å². The quantitative estimate of drug-likeness (QED) is 0.0756. The molecule has 4 aromatic heterocycles. The third-order valence-electron chi connectivity index (χ3n) is 12.7. The Bertz CT molecular complexity index is 2560. The standard InChI is InChI=1S/C44H50F2IN11O5/c1-26-22-56(25-35(47)63-26)36-16-19-57-42(50-36)33(21-48-57)44(61)49-34-24-58(53-39(34)41(45)46)29-10-8-27(9-11-29)23-55-17-14-30(15-18-55)62-20-4-6-28-5-3-7-31-38(52-54(2)40(28)31)32-12-13-37(59)51-43(32)60/h3,5,7,16,19,21,24,26-27,29-30,32,35,41H,8-15,17-18,20,22-23,25H2,1-2H3,(H,49,61)(H,51,59,60)/t26-,27?,29?,32?,35+/m0/s1. The molecule has 4 fully saturated rings. The van der Waals surface area contributed by atoms with E-state index in [1.54, 1.807) is 21.8 Å². The van der Waals surface area contributed by atoms with Gasteiger partial charge >= 0.3 is 0 Å². The maximum atomic E-state index is 14.3. The second-order valence-electron chi connectivity index (χ2n) is 17.0. The average molecular weight is 978 g/mol. The van der Waals surface area contributed by atoms with Crippen LogP contribution < -0.4 is 15.5 Å². The van der Waals surface area contributed by atoms with Gasteiger partial charge in [-0.05, 0) is 92.5 Å². The molecule has 3 amide bonds. The Balaban J connectivity index is 0.746. The van der Waals surface area contributed by atoms with Crippen LogP contribution in [0.2, 0.25) is 0 Å². The highest BCUT2D eigenvalue weighted by Crippen LogP contribution is 2.36. The van der Waals surface area contributed by atoms with Crippen LogP contribution in [-0.4, -0.2) is 112 Å². The molecule has 7 heterocycles. The molecule has 9 rings (SSSR count). The molecule has 3 aliphatic heterocycles. The molecule has 63 heavy (non-hydrogen) atoms. The van der Waals surface area contributed by atoms with E-state index in [4.69, 9.17) is 14.5 Å². The van der Waals surface area contributed by atoms with Crippen LogP contribution in [0.1, 0.15) is 104 Å². The average Bonchev–Trinajstić information content (AvgIpc) is 3.98. The third-order valence-corrected chi connectivity index (χ3v) is 13.4. The van der Waals surface area contributed by atoms with Gasteiger partial charge in [-0.3, -0.25) is 29.1 Å². The summed E-state index contributed by atoms with van der Waals surface area (Å²) in [6, 6.07) is 7.59. The molecule has 3 atom stereocenters. The molecule has 16 nitrogen and oxygen atoms in total. The number of alkyl halides is 3. The number of nitrogens with zero attached hydrogens (tertiary/aromatic N) is 9. The maximum absolute atomic E-state index is 14.3. The summed E-state index contributed by atoms with van der Waals surface area (Å²) in [6.45, 7) is 6.45. The fraction of sp³-hybridized carbons (Fsp3) is 0.523. The van der Waals surface area contributed by atoms with Crippen LogP contribution in [0.25, 0.3) is 16.6 Å². The number of benzene rings is 1. The van der Waals surface area contributed by atoms with Gasteiger partial charge in [0.15, 0.2) is 11.3 Å². The van der Waals surface area contributed by atoms with Crippen LogP contribution in [0.3, 0.4) is 0 Å². The molecule has 0 bridgehead atoms. The highest BCUT2D eigenvalue weighted by Gasteiger charge is 2.33. The SMILES string of the molecule is C[C@H]1CN(c2ccn3ncc(C(=O)Nc4cn(C5CCC(CN6CCC(OCC#Cc7cccc8c(C9CCC(=O)NC9=O)nn(C)c78)CC6)CC5)nc4C(F)F)c3n2)C[C@H](I)O1. The molecule has 0 radical (unpaired) electrons. The smallest absolute Gasteiger partial charge is 0.284 e. The van der Waals surface area contributed by atoms with Crippen LogP contribution >= 0.6 is 22.6 Å². The van der Waals surface area contributed by atoms with Gasteiger partial charge in [-0.1, -0.05) is 24.0 Å². The molecule has 1 unspecified atom stereocenters. The first-order valence-corrected chi connectivity index (χ1v) is 22.9. The minimum Gasteiger partial charge on any atom is -0.365 e. The van der Waals surface area contributed by atoms with Gasteiger partial charge in [0.25, 0.3) is 12.3 Å². The van der Waals surface area contributed by atoms with Crippen LogP contribution in [-0.2, 0) is 26.1 Å². The van der Waals surface area contributed by atoms with Crippen LogP contribution in [0.5, 0.6) is 0 Å².